The molecule has 2 rings (SSSR count). The number of phenols is 1. The third-order valence-corrected chi connectivity index (χ3v) is 2.00. The maximum absolute atomic E-state index is 11.6. The van der Waals surface area contributed by atoms with Gasteiger partial charge in [0.15, 0.2) is 5.43 Å². The van der Waals surface area contributed by atoms with Crippen LogP contribution in [0, 0.1) is 0 Å². The van der Waals surface area contributed by atoms with Crippen molar-refractivity contribution in [2.45, 2.75) is 6.61 Å². The summed E-state index contributed by atoms with van der Waals surface area (Å²) in [6, 6.07) is 4.23. The van der Waals surface area contributed by atoms with E-state index >= 15 is 0 Å². The third kappa shape index (κ3) is 1.25. The summed E-state index contributed by atoms with van der Waals surface area (Å²) in [5.74, 6) is 0.0393. The number of aliphatic hydroxyl groups is 1. The molecule has 1 aromatic heterocycles. The molecular weight excluding hydrogens is 184 g/mol. The Kier molecular flexibility index (Phi) is 1.98. The molecule has 0 amide bonds. The smallest absolute Gasteiger partial charge is 0.198 e. The van der Waals surface area contributed by atoms with Crippen molar-refractivity contribution in [1.82, 2.24) is 0 Å². The van der Waals surface area contributed by atoms with Gasteiger partial charge in [0.2, 0.25) is 0 Å². The highest BCUT2D eigenvalue weighted by Gasteiger charge is 2.05. The van der Waals surface area contributed by atoms with Gasteiger partial charge in [-0.15, -0.1) is 0 Å². The molecule has 0 spiro atoms. The predicted molar refractivity (Wildman–Crippen MR) is 50.1 cm³/mol. The molecule has 0 saturated carbocycles. The molecule has 4 nitrogen and oxygen atoms in total. The van der Waals surface area contributed by atoms with Crippen LogP contribution in [0.4, 0.5) is 0 Å². The van der Waals surface area contributed by atoms with Crippen molar-refractivity contribution in [3.05, 3.63) is 40.2 Å². The number of hydrogen-bond donors (Lipinski definition) is 2. The van der Waals surface area contributed by atoms with Gasteiger partial charge in [-0.05, 0) is 12.1 Å². The van der Waals surface area contributed by atoms with E-state index in [4.69, 9.17) is 14.6 Å². The van der Waals surface area contributed by atoms with Gasteiger partial charge >= 0.3 is 0 Å². The SMILES string of the molecule is O=c1c(CO)coc2cc(O)ccc12. The van der Waals surface area contributed by atoms with E-state index < -0.39 is 0 Å². The minimum Gasteiger partial charge on any atom is -0.508 e. The van der Waals surface area contributed by atoms with Crippen molar-refractivity contribution in [3.8, 4) is 5.75 Å². The largest absolute Gasteiger partial charge is 0.508 e. The van der Waals surface area contributed by atoms with Crippen LogP contribution in [0.15, 0.2) is 33.7 Å². The van der Waals surface area contributed by atoms with E-state index in [2.05, 4.69) is 0 Å². The molecule has 0 saturated heterocycles. The fourth-order valence-electron chi connectivity index (χ4n) is 1.27. The van der Waals surface area contributed by atoms with Crippen LogP contribution in [0.25, 0.3) is 11.0 Å². The maximum atomic E-state index is 11.6. The minimum atomic E-state index is -0.348. The molecule has 72 valence electrons. The monoisotopic (exact) mass is 192 g/mol. The number of rotatable bonds is 1. The number of aromatic hydroxyl groups is 1. The van der Waals surface area contributed by atoms with Crippen LogP contribution in [0.1, 0.15) is 5.56 Å². The first kappa shape index (κ1) is 8.77. The molecule has 1 heterocycles. The molecular formula is C10H8O4. The summed E-state index contributed by atoms with van der Waals surface area (Å²) in [6.07, 6.45) is 1.20. The summed E-state index contributed by atoms with van der Waals surface area (Å²) < 4.78 is 5.08. The molecule has 0 bridgehead atoms. The second-order valence-corrected chi connectivity index (χ2v) is 2.93. The Bertz CT molecular complexity index is 527. The van der Waals surface area contributed by atoms with Gasteiger partial charge in [0.05, 0.1) is 17.6 Å². The van der Waals surface area contributed by atoms with Gasteiger partial charge in [-0.25, -0.2) is 0 Å². The van der Waals surface area contributed by atoms with Crippen LogP contribution in [-0.4, -0.2) is 10.2 Å². The topological polar surface area (TPSA) is 70.7 Å². The molecule has 0 radical (unpaired) electrons. The van der Waals surface area contributed by atoms with Crippen LogP contribution in [0.3, 0.4) is 0 Å². The van der Waals surface area contributed by atoms with E-state index in [1.54, 1.807) is 0 Å². The highest BCUT2D eigenvalue weighted by molar-refractivity contribution is 5.78. The highest BCUT2D eigenvalue weighted by Crippen LogP contribution is 2.17. The molecule has 0 aliphatic carbocycles. The molecule has 14 heavy (non-hydrogen) atoms. The zero-order valence-corrected chi connectivity index (χ0v) is 7.23. The summed E-state index contributed by atoms with van der Waals surface area (Å²) in [4.78, 5) is 11.6. The van der Waals surface area contributed by atoms with E-state index in [1.807, 2.05) is 0 Å². The first-order chi connectivity index (χ1) is 6.72. The van der Waals surface area contributed by atoms with Crippen molar-refractivity contribution in [2.75, 3.05) is 0 Å². The van der Waals surface area contributed by atoms with Crippen LogP contribution in [0.5, 0.6) is 5.75 Å². The van der Waals surface area contributed by atoms with Crippen LogP contribution < -0.4 is 5.43 Å². The van der Waals surface area contributed by atoms with Gasteiger partial charge in [0.25, 0.3) is 0 Å². The summed E-state index contributed by atoms with van der Waals surface area (Å²) in [5.41, 5.74) is 0.254. The van der Waals surface area contributed by atoms with Crippen LogP contribution >= 0.6 is 0 Å². The summed E-state index contributed by atoms with van der Waals surface area (Å²) in [6.45, 7) is -0.348. The van der Waals surface area contributed by atoms with Gasteiger partial charge in [-0.2, -0.15) is 0 Å². The van der Waals surface area contributed by atoms with E-state index in [1.165, 1.54) is 24.5 Å². The van der Waals surface area contributed by atoms with Crippen molar-refractivity contribution < 1.29 is 14.6 Å². The van der Waals surface area contributed by atoms with Crippen LogP contribution in [-0.2, 0) is 6.61 Å². The van der Waals surface area contributed by atoms with Crippen molar-refractivity contribution in [3.63, 3.8) is 0 Å². The van der Waals surface area contributed by atoms with Crippen molar-refractivity contribution in [1.29, 1.82) is 0 Å². The lowest BCUT2D eigenvalue weighted by molar-refractivity contribution is 0.277. The Balaban J connectivity index is 2.84. The Hall–Kier alpha value is -1.81. The quantitative estimate of drug-likeness (QED) is 0.706. The van der Waals surface area contributed by atoms with Gasteiger partial charge in [0.1, 0.15) is 17.6 Å². The van der Waals surface area contributed by atoms with Crippen molar-refractivity contribution >= 4 is 11.0 Å². The molecule has 2 N–H and O–H groups in total. The fraction of sp³-hybridized carbons (Fsp3) is 0.100. The second kappa shape index (κ2) is 3.16. The molecule has 0 fully saturated rings. The van der Waals surface area contributed by atoms with Crippen molar-refractivity contribution in [2.24, 2.45) is 0 Å². The lowest BCUT2D eigenvalue weighted by Crippen LogP contribution is -2.07. The fourth-order valence-corrected chi connectivity index (χ4v) is 1.27. The van der Waals surface area contributed by atoms with E-state index in [9.17, 15) is 4.79 Å². The standard InChI is InChI=1S/C10H8O4/c11-4-6-5-14-9-3-7(12)1-2-8(9)10(6)13/h1-3,5,11-12H,4H2. The molecule has 2 aromatic rings. The molecule has 0 unspecified atom stereocenters. The summed E-state index contributed by atoms with van der Waals surface area (Å²) in [7, 11) is 0. The Morgan fingerprint density at radius 1 is 1.36 bits per heavy atom. The number of fused-ring (bicyclic) bond motifs is 1. The molecule has 0 atom stereocenters. The average Bonchev–Trinajstić information content (AvgIpc) is 2.18. The van der Waals surface area contributed by atoms with Gasteiger partial charge < -0.3 is 14.6 Å². The average molecular weight is 192 g/mol. The van der Waals surface area contributed by atoms with Gasteiger partial charge in [0, 0.05) is 6.07 Å². The minimum absolute atomic E-state index is 0.0393. The third-order valence-electron chi connectivity index (χ3n) is 2.00. The summed E-state index contributed by atoms with van der Waals surface area (Å²) in [5, 5.41) is 18.3. The Morgan fingerprint density at radius 2 is 2.14 bits per heavy atom. The number of benzene rings is 1. The Labute approximate surface area is 79.0 Å². The number of hydrogen-bond acceptors (Lipinski definition) is 4. The maximum Gasteiger partial charge on any atom is 0.198 e. The van der Waals surface area contributed by atoms with Gasteiger partial charge in [-0.3, -0.25) is 4.79 Å². The molecule has 0 aliphatic rings. The molecule has 1 aromatic carbocycles. The number of phenolic OH excluding ortho intramolecular Hbond substituents is 1. The zero-order valence-electron chi connectivity index (χ0n) is 7.23. The number of aliphatic hydroxyl groups excluding tert-OH is 1. The van der Waals surface area contributed by atoms with E-state index in [-0.39, 0.29) is 23.3 Å². The predicted octanol–water partition coefficient (Wildman–Crippen LogP) is 0.991. The molecule has 4 heteroatoms. The highest BCUT2D eigenvalue weighted by atomic mass is 16.3. The lowest BCUT2D eigenvalue weighted by Gasteiger charge is -1.99. The second-order valence-electron chi connectivity index (χ2n) is 2.93. The summed E-state index contributed by atoms with van der Waals surface area (Å²) >= 11 is 0. The Morgan fingerprint density at radius 3 is 2.86 bits per heavy atom. The lowest BCUT2D eigenvalue weighted by atomic mass is 10.2. The van der Waals surface area contributed by atoms with Gasteiger partial charge in [-0.1, -0.05) is 0 Å². The normalized spacial score (nSPS) is 10.6. The first-order valence-corrected chi connectivity index (χ1v) is 4.06. The van der Waals surface area contributed by atoms with Crippen LogP contribution in [0.2, 0.25) is 0 Å². The zero-order chi connectivity index (χ0) is 10.1. The van der Waals surface area contributed by atoms with E-state index in [0.29, 0.717) is 11.0 Å². The first-order valence-electron chi connectivity index (χ1n) is 4.06. The molecule has 0 aliphatic heterocycles. The van der Waals surface area contributed by atoms with E-state index in [0.717, 1.165) is 0 Å².